The number of hydrogen-bond acceptors (Lipinski definition) is 3. The second-order valence-corrected chi connectivity index (χ2v) is 3.21. The SMILES string of the molecule is [CH2]C(CO)NC[C@H](O)c1ccccc1. The van der Waals surface area contributed by atoms with E-state index in [2.05, 4.69) is 12.2 Å². The molecule has 0 saturated carbocycles. The fraction of sp³-hybridized carbons (Fsp3) is 0.364. The van der Waals surface area contributed by atoms with Crippen molar-refractivity contribution in [3.05, 3.63) is 42.8 Å². The van der Waals surface area contributed by atoms with Crippen molar-refractivity contribution in [1.82, 2.24) is 5.32 Å². The van der Waals surface area contributed by atoms with Gasteiger partial charge >= 0.3 is 0 Å². The molecule has 1 aromatic rings. The van der Waals surface area contributed by atoms with Gasteiger partial charge in [-0.05, 0) is 12.5 Å². The lowest BCUT2D eigenvalue weighted by molar-refractivity contribution is 0.164. The molecular formula is C11H16NO2. The van der Waals surface area contributed by atoms with Crippen molar-refractivity contribution in [2.45, 2.75) is 12.1 Å². The summed E-state index contributed by atoms with van der Waals surface area (Å²) in [4.78, 5) is 0. The molecule has 3 N–H and O–H groups in total. The van der Waals surface area contributed by atoms with Gasteiger partial charge in [-0.1, -0.05) is 30.3 Å². The second kappa shape index (κ2) is 5.75. The van der Waals surface area contributed by atoms with E-state index in [-0.39, 0.29) is 12.6 Å². The number of benzene rings is 1. The molecule has 77 valence electrons. The van der Waals surface area contributed by atoms with Gasteiger partial charge in [0.05, 0.1) is 12.7 Å². The lowest BCUT2D eigenvalue weighted by Crippen LogP contribution is -2.33. The van der Waals surface area contributed by atoms with Crippen LogP contribution in [0.1, 0.15) is 11.7 Å². The van der Waals surface area contributed by atoms with Crippen LogP contribution in [-0.4, -0.2) is 29.4 Å². The molecule has 14 heavy (non-hydrogen) atoms. The topological polar surface area (TPSA) is 52.5 Å². The van der Waals surface area contributed by atoms with Crippen molar-refractivity contribution in [2.24, 2.45) is 0 Å². The van der Waals surface area contributed by atoms with Crippen LogP contribution in [0.4, 0.5) is 0 Å². The van der Waals surface area contributed by atoms with Gasteiger partial charge in [0.2, 0.25) is 0 Å². The number of aliphatic hydroxyl groups is 2. The predicted octanol–water partition coefficient (Wildman–Crippen LogP) is 0.505. The van der Waals surface area contributed by atoms with Gasteiger partial charge in [0.25, 0.3) is 0 Å². The first-order valence-electron chi connectivity index (χ1n) is 4.64. The summed E-state index contributed by atoms with van der Waals surface area (Å²) in [6, 6.07) is 9.17. The Morgan fingerprint density at radius 3 is 2.50 bits per heavy atom. The molecule has 0 aromatic heterocycles. The molecule has 0 aliphatic heterocycles. The molecular weight excluding hydrogens is 178 g/mol. The zero-order chi connectivity index (χ0) is 10.4. The molecule has 2 atom stereocenters. The Hall–Kier alpha value is -0.900. The van der Waals surface area contributed by atoms with Gasteiger partial charge in [0.15, 0.2) is 0 Å². The first-order valence-corrected chi connectivity index (χ1v) is 4.64. The highest BCUT2D eigenvalue weighted by molar-refractivity contribution is 5.17. The number of nitrogens with one attached hydrogen (secondary N) is 1. The number of hydrogen-bond donors (Lipinski definition) is 3. The molecule has 1 aromatic carbocycles. The third-order valence-electron chi connectivity index (χ3n) is 2.00. The van der Waals surface area contributed by atoms with Gasteiger partial charge in [-0.25, -0.2) is 0 Å². The standard InChI is InChI=1S/C11H16NO2/c1-9(8-13)12-7-11(14)10-5-3-2-4-6-10/h2-6,9,11-14H,1,7-8H2/t9?,11-/m0/s1. The van der Waals surface area contributed by atoms with E-state index in [1.807, 2.05) is 30.3 Å². The maximum Gasteiger partial charge on any atom is 0.0914 e. The quantitative estimate of drug-likeness (QED) is 0.640. The Labute approximate surface area is 84.4 Å². The van der Waals surface area contributed by atoms with E-state index >= 15 is 0 Å². The fourth-order valence-electron chi connectivity index (χ4n) is 1.14. The summed E-state index contributed by atoms with van der Waals surface area (Å²) in [6.45, 7) is 4.03. The molecule has 1 unspecified atom stereocenters. The van der Waals surface area contributed by atoms with Crippen molar-refractivity contribution in [1.29, 1.82) is 0 Å². The van der Waals surface area contributed by atoms with E-state index in [0.717, 1.165) is 5.56 Å². The van der Waals surface area contributed by atoms with Crippen molar-refractivity contribution in [3.8, 4) is 0 Å². The lowest BCUT2D eigenvalue weighted by Gasteiger charge is -2.15. The summed E-state index contributed by atoms with van der Waals surface area (Å²) in [5.41, 5.74) is 0.866. The maximum absolute atomic E-state index is 9.69. The third-order valence-corrected chi connectivity index (χ3v) is 2.00. The van der Waals surface area contributed by atoms with Crippen molar-refractivity contribution < 1.29 is 10.2 Å². The molecule has 0 saturated heterocycles. The van der Waals surface area contributed by atoms with E-state index in [4.69, 9.17) is 5.11 Å². The molecule has 1 radical (unpaired) electrons. The first-order chi connectivity index (χ1) is 6.74. The molecule has 0 spiro atoms. The predicted molar refractivity (Wildman–Crippen MR) is 55.6 cm³/mol. The molecule has 3 nitrogen and oxygen atoms in total. The summed E-state index contributed by atoms with van der Waals surface area (Å²) in [6.07, 6.45) is -0.549. The van der Waals surface area contributed by atoms with Crippen LogP contribution in [0.15, 0.2) is 30.3 Å². The van der Waals surface area contributed by atoms with Crippen molar-refractivity contribution >= 4 is 0 Å². The monoisotopic (exact) mass is 194 g/mol. The van der Waals surface area contributed by atoms with Crippen LogP contribution < -0.4 is 5.32 Å². The fourth-order valence-corrected chi connectivity index (χ4v) is 1.14. The van der Waals surface area contributed by atoms with Crippen LogP contribution in [0.25, 0.3) is 0 Å². The summed E-state index contributed by atoms with van der Waals surface area (Å²) in [5, 5.41) is 21.3. The summed E-state index contributed by atoms with van der Waals surface area (Å²) in [5.74, 6) is 0. The zero-order valence-electron chi connectivity index (χ0n) is 8.06. The summed E-state index contributed by atoms with van der Waals surface area (Å²) >= 11 is 0. The highest BCUT2D eigenvalue weighted by Gasteiger charge is 2.07. The van der Waals surface area contributed by atoms with Crippen LogP contribution in [-0.2, 0) is 0 Å². The van der Waals surface area contributed by atoms with Crippen molar-refractivity contribution in [3.63, 3.8) is 0 Å². The normalized spacial score (nSPS) is 15.1. The molecule has 0 aliphatic carbocycles. The average molecular weight is 194 g/mol. The Morgan fingerprint density at radius 1 is 1.29 bits per heavy atom. The molecule has 0 heterocycles. The summed E-state index contributed by atoms with van der Waals surface area (Å²) in [7, 11) is 0. The molecule has 0 amide bonds. The average Bonchev–Trinajstić information content (AvgIpc) is 2.26. The lowest BCUT2D eigenvalue weighted by atomic mass is 10.1. The summed E-state index contributed by atoms with van der Waals surface area (Å²) < 4.78 is 0. The highest BCUT2D eigenvalue weighted by Crippen LogP contribution is 2.10. The van der Waals surface area contributed by atoms with Gasteiger partial charge in [0.1, 0.15) is 0 Å². The Morgan fingerprint density at radius 2 is 1.93 bits per heavy atom. The first kappa shape index (κ1) is 11.2. The smallest absolute Gasteiger partial charge is 0.0914 e. The third kappa shape index (κ3) is 3.46. The van der Waals surface area contributed by atoms with E-state index in [1.54, 1.807) is 0 Å². The van der Waals surface area contributed by atoms with Gasteiger partial charge in [-0.15, -0.1) is 0 Å². The van der Waals surface area contributed by atoms with E-state index in [0.29, 0.717) is 6.54 Å². The Kier molecular flexibility index (Phi) is 4.59. The molecule has 3 heteroatoms. The van der Waals surface area contributed by atoms with Gasteiger partial charge < -0.3 is 15.5 Å². The molecule has 1 rings (SSSR count). The minimum absolute atomic E-state index is 0.0263. The zero-order valence-corrected chi connectivity index (χ0v) is 8.06. The van der Waals surface area contributed by atoms with E-state index in [9.17, 15) is 5.11 Å². The van der Waals surface area contributed by atoms with Crippen molar-refractivity contribution in [2.75, 3.05) is 13.2 Å². The van der Waals surface area contributed by atoms with E-state index in [1.165, 1.54) is 0 Å². The second-order valence-electron chi connectivity index (χ2n) is 3.21. The number of aliphatic hydroxyl groups excluding tert-OH is 2. The molecule has 0 aliphatic rings. The van der Waals surface area contributed by atoms with Crippen LogP contribution >= 0.6 is 0 Å². The van der Waals surface area contributed by atoms with Crippen LogP contribution in [0.5, 0.6) is 0 Å². The highest BCUT2D eigenvalue weighted by atomic mass is 16.3. The molecule has 0 fully saturated rings. The minimum atomic E-state index is -0.549. The molecule has 0 bridgehead atoms. The largest absolute Gasteiger partial charge is 0.395 e. The van der Waals surface area contributed by atoms with Crippen LogP contribution in [0.2, 0.25) is 0 Å². The van der Waals surface area contributed by atoms with Gasteiger partial charge in [-0.3, -0.25) is 0 Å². The van der Waals surface area contributed by atoms with Gasteiger partial charge in [-0.2, -0.15) is 0 Å². The van der Waals surface area contributed by atoms with Gasteiger partial charge in [0, 0.05) is 12.6 Å². The van der Waals surface area contributed by atoms with E-state index < -0.39 is 6.10 Å². The minimum Gasteiger partial charge on any atom is -0.395 e. The Bertz CT molecular complexity index is 251. The maximum atomic E-state index is 9.69. The Balaban J connectivity index is 2.39. The van der Waals surface area contributed by atoms with Crippen LogP contribution in [0.3, 0.4) is 0 Å². The van der Waals surface area contributed by atoms with Crippen LogP contribution in [0, 0.1) is 6.92 Å². The number of rotatable bonds is 5.